The summed E-state index contributed by atoms with van der Waals surface area (Å²) in [6.45, 7) is 2.09. The minimum atomic E-state index is -0.265. The summed E-state index contributed by atoms with van der Waals surface area (Å²) >= 11 is 0. The van der Waals surface area contributed by atoms with Crippen LogP contribution in [0.2, 0.25) is 0 Å². The van der Waals surface area contributed by atoms with Gasteiger partial charge in [-0.2, -0.15) is 5.10 Å². The van der Waals surface area contributed by atoms with Crippen LogP contribution < -0.4 is 10.6 Å². The Hall–Kier alpha value is -3.48. The smallest absolute Gasteiger partial charge is 0.223 e. The maximum absolute atomic E-state index is 13.6. The van der Waals surface area contributed by atoms with Crippen molar-refractivity contribution in [2.75, 3.05) is 10.6 Å². The van der Waals surface area contributed by atoms with E-state index >= 15 is 0 Å². The lowest BCUT2D eigenvalue weighted by molar-refractivity contribution is 0.628. The number of halogens is 1. The molecule has 156 valence electrons. The van der Waals surface area contributed by atoms with E-state index in [-0.39, 0.29) is 5.82 Å². The average Bonchev–Trinajstić information content (AvgIpc) is 3.69. The van der Waals surface area contributed by atoms with Gasteiger partial charge in [-0.15, -0.1) is 0 Å². The van der Waals surface area contributed by atoms with Gasteiger partial charge in [-0.3, -0.25) is 0 Å². The fourth-order valence-corrected chi connectivity index (χ4v) is 3.86. The fourth-order valence-electron chi connectivity index (χ4n) is 3.86. The standard InChI is InChI=1S/C24H23FN6/c1-14-12-20-22(19-10-11-26-24(29-19)28-18-8-9-18)23(15-2-4-16(25)5-3-15)30-31(20)21(13-14)27-17-6-7-17/h2-5,10-13,17-18,27H,6-9H2,1H3,(H,26,28,29). The van der Waals surface area contributed by atoms with E-state index < -0.39 is 0 Å². The van der Waals surface area contributed by atoms with Crippen molar-refractivity contribution in [2.24, 2.45) is 0 Å². The molecule has 2 saturated carbocycles. The third kappa shape index (κ3) is 3.60. The summed E-state index contributed by atoms with van der Waals surface area (Å²) in [5.74, 6) is 1.34. The molecule has 0 aliphatic heterocycles. The zero-order chi connectivity index (χ0) is 20.9. The van der Waals surface area contributed by atoms with Crippen LogP contribution in [-0.2, 0) is 0 Å². The molecule has 6 nitrogen and oxygen atoms in total. The predicted octanol–water partition coefficient (Wildman–Crippen LogP) is 5.05. The van der Waals surface area contributed by atoms with E-state index in [1.807, 2.05) is 10.6 Å². The Morgan fingerprint density at radius 2 is 1.71 bits per heavy atom. The third-order valence-corrected chi connectivity index (χ3v) is 5.75. The molecule has 0 radical (unpaired) electrons. The van der Waals surface area contributed by atoms with Crippen molar-refractivity contribution in [2.45, 2.75) is 44.7 Å². The highest BCUT2D eigenvalue weighted by atomic mass is 19.1. The monoisotopic (exact) mass is 414 g/mol. The molecule has 2 aliphatic carbocycles. The summed E-state index contributed by atoms with van der Waals surface area (Å²) in [6.07, 6.45) is 6.44. The molecular weight excluding hydrogens is 391 g/mol. The minimum absolute atomic E-state index is 0.265. The molecule has 0 spiro atoms. The first-order valence-corrected chi connectivity index (χ1v) is 10.8. The van der Waals surface area contributed by atoms with E-state index in [1.165, 1.54) is 25.0 Å². The lowest BCUT2D eigenvalue weighted by Crippen LogP contribution is -2.07. The first kappa shape index (κ1) is 18.3. The summed E-state index contributed by atoms with van der Waals surface area (Å²) in [5.41, 5.74) is 5.48. The van der Waals surface area contributed by atoms with Crippen molar-refractivity contribution in [1.82, 2.24) is 19.6 Å². The molecule has 0 bridgehead atoms. The number of benzene rings is 1. The van der Waals surface area contributed by atoms with E-state index in [0.717, 1.165) is 52.3 Å². The molecule has 3 heterocycles. The number of aromatic nitrogens is 4. The first-order valence-electron chi connectivity index (χ1n) is 10.8. The highest BCUT2D eigenvalue weighted by Gasteiger charge is 2.26. The highest BCUT2D eigenvalue weighted by Crippen LogP contribution is 2.37. The van der Waals surface area contributed by atoms with E-state index in [1.54, 1.807) is 18.3 Å². The van der Waals surface area contributed by atoms with Crippen molar-refractivity contribution in [3.8, 4) is 22.5 Å². The number of nitrogens with one attached hydrogen (secondary N) is 2. The summed E-state index contributed by atoms with van der Waals surface area (Å²) in [7, 11) is 0. The van der Waals surface area contributed by atoms with Crippen LogP contribution in [0.15, 0.2) is 48.7 Å². The Balaban J connectivity index is 1.57. The number of fused-ring (bicyclic) bond motifs is 1. The van der Waals surface area contributed by atoms with Crippen molar-refractivity contribution in [3.63, 3.8) is 0 Å². The number of nitrogens with zero attached hydrogens (tertiary/aromatic N) is 4. The minimum Gasteiger partial charge on any atom is -0.367 e. The Morgan fingerprint density at radius 3 is 2.45 bits per heavy atom. The normalized spacial score (nSPS) is 15.9. The van der Waals surface area contributed by atoms with Gasteiger partial charge in [0.15, 0.2) is 0 Å². The Morgan fingerprint density at radius 1 is 0.968 bits per heavy atom. The summed E-state index contributed by atoms with van der Waals surface area (Å²) in [5, 5.41) is 11.9. The van der Waals surface area contributed by atoms with Crippen molar-refractivity contribution in [1.29, 1.82) is 0 Å². The number of hydrogen-bond donors (Lipinski definition) is 2. The Labute approximate surface area is 179 Å². The van der Waals surface area contributed by atoms with Gasteiger partial charge in [-0.05, 0) is 80.6 Å². The summed E-state index contributed by atoms with van der Waals surface area (Å²) in [4.78, 5) is 9.21. The summed E-state index contributed by atoms with van der Waals surface area (Å²) < 4.78 is 15.6. The number of rotatable bonds is 6. The third-order valence-electron chi connectivity index (χ3n) is 5.75. The van der Waals surface area contributed by atoms with Crippen LogP contribution in [-0.4, -0.2) is 31.7 Å². The first-order chi connectivity index (χ1) is 15.1. The van der Waals surface area contributed by atoms with Crippen LogP contribution in [0.1, 0.15) is 31.2 Å². The number of aryl methyl sites for hydroxylation is 1. The van der Waals surface area contributed by atoms with Crippen molar-refractivity contribution >= 4 is 17.3 Å². The van der Waals surface area contributed by atoms with E-state index in [9.17, 15) is 4.39 Å². The molecule has 0 atom stereocenters. The SMILES string of the molecule is Cc1cc(NC2CC2)n2nc(-c3ccc(F)cc3)c(-c3ccnc(NC4CC4)n3)c2c1. The molecule has 6 rings (SSSR count). The fraction of sp³-hybridized carbons (Fsp3) is 0.292. The second-order valence-electron chi connectivity index (χ2n) is 8.55. The molecule has 2 N–H and O–H groups in total. The molecule has 0 amide bonds. The van der Waals surface area contributed by atoms with Gasteiger partial charge in [0, 0.05) is 23.8 Å². The van der Waals surface area contributed by atoms with Crippen LogP contribution in [0.5, 0.6) is 0 Å². The van der Waals surface area contributed by atoms with Crippen LogP contribution >= 0.6 is 0 Å². The van der Waals surface area contributed by atoms with Crippen LogP contribution in [0, 0.1) is 12.7 Å². The molecule has 31 heavy (non-hydrogen) atoms. The predicted molar refractivity (Wildman–Crippen MR) is 120 cm³/mol. The lowest BCUT2D eigenvalue weighted by Gasteiger charge is -2.09. The average molecular weight is 414 g/mol. The summed E-state index contributed by atoms with van der Waals surface area (Å²) in [6, 6.07) is 13.6. The largest absolute Gasteiger partial charge is 0.367 e. The molecule has 0 unspecified atom stereocenters. The van der Waals surface area contributed by atoms with Gasteiger partial charge in [0.1, 0.15) is 17.3 Å². The van der Waals surface area contributed by atoms with Gasteiger partial charge in [0.2, 0.25) is 5.95 Å². The van der Waals surface area contributed by atoms with Crippen LogP contribution in [0.3, 0.4) is 0 Å². The van der Waals surface area contributed by atoms with Gasteiger partial charge in [-0.25, -0.2) is 18.9 Å². The lowest BCUT2D eigenvalue weighted by atomic mass is 10.0. The maximum Gasteiger partial charge on any atom is 0.223 e. The second kappa shape index (κ2) is 7.04. The van der Waals surface area contributed by atoms with Gasteiger partial charge >= 0.3 is 0 Å². The molecule has 2 aliphatic rings. The number of anilines is 2. The molecular formula is C24H23FN6. The van der Waals surface area contributed by atoms with Crippen LogP contribution in [0.4, 0.5) is 16.2 Å². The van der Waals surface area contributed by atoms with E-state index in [2.05, 4.69) is 34.7 Å². The van der Waals surface area contributed by atoms with Gasteiger partial charge in [0.05, 0.1) is 16.8 Å². The number of hydrogen-bond acceptors (Lipinski definition) is 5. The van der Waals surface area contributed by atoms with Gasteiger partial charge in [-0.1, -0.05) is 0 Å². The Kier molecular flexibility index (Phi) is 4.16. The maximum atomic E-state index is 13.6. The number of pyridine rings is 1. The Bertz CT molecular complexity index is 1270. The molecule has 7 heteroatoms. The molecule has 0 saturated heterocycles. The van der Waals surface area contributed by atoms with E-state index in [0.29, 0.717) is 18.0 Å². The second-order valence-corrected chi connectivity index (χ2v) is 8.55. The zero-order valence-electron chi connectivity index (χ0n) is 17.3. The molecule has 3 aromatic heterocycles. The highest BCUT2D eigenvalue weighted by molar-refractivity contribution is 5.92. The van der Waals surface area contributed by atoms with Crippen LogP contribution in [0.25, 0.3) is 28.0 Å². The van der Waals surface area contributed by atoms with Crippen molar-refractivity contribution < 1.29 is 4.39 Å². The quantitative estimate of drug-likeness (QED) is 0.462. The molecule has 4 aromatic rings. The molecule has 2 fully saturated rings. The van der Waals surface area contributed by atoms with Crippen molar-refractivity contribution in [3.05, 3.63) is 60.0 Å². The van der Waals surface area contributed by atoms with Gasteiger partial charge in [0.25, 0.3) is 0 Å². The topological polar surface area (TPSA) is 67.1 Å². The van der Waals surface area contributed by atoms with E-state index in [4.69, 9.17) is 10.1 Å². The molecule has 1 aromatic carbocycles. The zero-order valence-corrected chi connectivity index (χ0v) is 17.3. The van der Waals surface area contributed by atoms with Gasteiger partial charge < -0.3 is 10.6 Å².